The first-order chi connectivity index (χ1) is 10.0. The molecule has 1 amide bonds. The van der Waals surface area contributed by atoms with Crippen LogP contribution in [0.4, 0.5) is 0 Å². The topological polar surface area (TPSA) is 73.2 Å². The van der Waals surface area contributed by atoms with Gasteiger partial charge in [-0.15, -0.1) is 0 Å². The number of hydrogen-bond donors (Lipinski definition) is 1. The van der Waals surface area contributed by atoms with Crippen LogP contribution < -0.4 is 5.32 Å². The van der Waals surface area contributed by atoms with Gasteiger partial charge in [0.05, 0.1) is 18.4 Å². The number of ether oxygens (including phenoxy) is 1. The maximum Gasteiger partial charge on any atom is 0.337 e. The molecule has 0 spiro atoms. The number of hydrogen-bond acceptors (Lipinski definition) is 4. The van der Waals surface area contributed by atoms with Crippen molar-refractivity contribution >= 4 is 11.9 Å². The molecule has 0 aliphatic heterocycles. The standard InChI is InChI=1S/C15H17N3O3/c1-10-13(9-18(2)17-10)8-16-14(19)11-4-6-12(7-5-11)15(20)21-3/h4-7,9H,8H2,1-3H3,(H,16,19). The molecule has 0 aliphatic rings. The lowest BCUT2D eigenvalue weighted by Gasteiger charge is -2.05. The minimum atomic E-state index is -0.423. The van der Waals surface area contributed by atoms with E-state index in [-0.39, 0.29) is 5.91 Å². The summed E-state index contributed by atoms with van der Waals surface area (Å²) in [6, 6.07) is 6.32. The van der Waals surface area contributed by atoms with Gasteiger partial charge in [0.1, 0.15) is 0 Å². The van der Waals surface area contributed by atoms with Gasteiger partial charge in [-0.05, 0) is 31.2 Å². The van der Waals surface area contributed by atoms with E-state index in [1.54, 1.807) is 28.9 Å². The molecule has 0 bridgehead atoms. The van der Waals surface area contributed by atoms with Gasteiger partial charge in [-0.25, -0.2) is 4.79 Å². The summed E-state index contributed by atoms with van der Waals surface area (Å²) in [7, 11) is 3.16. The Bertz CT molecular complexity index is 659. The van der Waals surface area contributed by atoms with Crippen molar-refractivity contribution in [2.24, 2.45) is 7.05 Å². The molecule has 1 aromatic heterocycles. The molecule has 0 saturated heterocycles. The van der Waals surface area contributed by atoms with E-state index in [0.29, 0.717) is 17.7 Å². The Kier molecular flexibility index (Phi) is 4.37. The van der Waals surface area contributed by atoms with Gasteiger partial charge in [-0.1, -0.05) is 0 Å². The maximum atomic E-state index is 12.0. The normalized spacial score (nSPS) is 10.2. The van der Waals surface area contributed by atoms with E-state index < -0.39 is 5.97 Å². The number of rotatable bonds is 4. The molecule has 0 radical (unpaired) electrons. The van der Waals surface area contributed by atoms with Crippen molar-refractivity contribution in [3.05, 3.63) is 52.8 Å². The zero-order valence-electron chi connectivity index (χ0n) is 12.2. The molecule has 0 saturated carbocycles. The van der Waals surface area contributed by atoms with E-state index in [0.717, 1.165) is 11.3 Å². The van der Waals surface area contributed by atoms with E-state index in [1.165, 1.54) is 7.11 Å². The lowest BCUT2D eigenvalue weighted by Crippen LogP contribution is -2.23. The fourth-order valence-corrected chi connectivity index (χ4v) is 1.98. The zero-order chi connectivity index (χ0) is 15.4. The van der Waals surface area contributed by atoms with Gasteiger partial charge in [0.15, 0.2) is 0 Å². The van der Waals surface area contributed by atoms with Gasteiger partial charge in [0, 0.05) is 30.9 Å². The van der Waals surface area contributed by atoms with Crippen LogP contribution in [0.5, 0.6) is 0 Å². The summed E-state index contributed by atoms with van der Waals surface area (Å²) in [4.78, 5) is 23.3. The van der Waals surface area contributed by atoms with Crippen molar-refractivity contribution in [1.29, 1.82) is 0 Å². The van der Waals surface area contributed by atoms with Crippen molar-refractivity contribution in [1.82, 2.24) is 15.1 Å². The quantitative estimate of drug-likeness (QED) is 0.864. The smallest absolute Gasteiger partial charge is 0.337 e. The Labute approximate surface area is 122 Å². The highest BCUT2D eigenvalue weighted by molar-refractivity contribution is 5.96. The number of methoxy groups -OCH3 is 1. The lowest BCUT2D eigenvalue weighted by atomic mass is 10.1. The van der Waals surface area contributed by atoms with Crippen molar-refractivity contribution in [3.63, 3.8) is 0 Å². The molecule has 0 atom stereocenters. The van der Waals surface area contributed by atoms with E-state index in [4.69, 9.17) is 0 Å². The predicted octanol–water partition coefficient (Wildman–Crippen LogP) is 1.45. The van der Waals surface area contributed by atoms with Gasteiger partial charge >= 0.3 is 5.97 Å². The molecule has 6 heteroatoms. The van der Waals surface area contributed by atoms with Crippen LogP contribution in [0.1, 0.15) is 32.0 Å². The SMILES string of the molecule is COC(=O)c1ccc(C(=O)NCc2cn(C)nc2C)cc1. The minimum absolute atomic E-state index is 0.199. The third kappa shape index (κ3) is 3.47. The summed E-state index contributed by atoms with van der Waals surface area (Å²) in [5.41, 5.74) is 2.76. The molecule has 0 unspecified atom stereocenters. The van der Waals surface area contributed by atoms with E-state index in [2.05, 4.69) is 15.2 Å². The second-order valence-corrected chi connectivity index (χ2v) is 4.67. The fraction of sp³-hybridized carbons (Fsp3) is 0.267. The lowest BCUT2D eigenvalue weighted by molar-refractivity contribution is 0.0600. The minimum Gasteiger partial charge on any atom is -0.465 e. The van der Waals surface area contributed by atoms with E-state index in [9.17, 15) is 9.59 Å². The Morgan fingerprint density at radius 2 is 1.86 bits per heavy atom. The Morgan fingerprint density at radius 3 is 2.38 bits per heavy atom. The Balaban J connectivity index is 2.00. The number of carbonyl (C=O) groups is 2. The molecule has 2 rings (SSSR count). The number of aryl methyl sites for hydroxylation is 2. The summed E-state index contributed by atoms with van der Waals surface area (Å²) in [6.07, 6.45) is 1.87. The first kappa shape index (κ1) is 14.8. The summed E-state index contributed by atoms with van der Waals surface area (Å²) in [5.74, 6) is -0.623. The number of amides is 1. The van der Waals surface area contributed by atoms with Crippen LogP contribution in [-0.4, -0.2) is 28.8 Å². The molecular formula is C15H17N3O3. The highest BCUT2D eigenvalue weighted by atomic mass is 16.5. The summed E-state index contributed by atoms with van der Waals surface area (Å²) in [5, 5.41) is 7.04. The largest absolute Gasteiger partial charge is 0.465 e. The average molecular weight is 287 g/mol. The number of esters is 1. The van der Waals surface area contributed by atoms with Gasteiger partial charge < -0.3 is 10.1 Å². The van der Waals surface area contributed by atoms with Crippen molar-refractivity contribution in [2.75, 3.05) is 7.11 Å². The van der Waals surface area contributed by atoms with Crippen LogP contribution >= 0.6 is 0 Å². The Hall–Kier alpha value is -2.63. The van der Waals surface area contributed by atoms with Crippen LogP contribution in [0.15, 0.2) is 30.5 Å². The second kappa shape index (κ2) is 6.21. The van der Waals surface area contributed by atoms with Gasteiger partial charge in [0.25, 0.3) is 5.91 Å². The molecule has 2 aromatic rings. The zero-order valence-corrected chi connectivity index (χ0v) is 12.2. The van der Waals surface area contributed by atoms with Crippen molar-refractivity contribution < 1.29 is 14.3 Å². The summed E-state index contributed by atoms with van der Waals surface area (Å²) < 4.78 is 6.32. The second-order valence-electron chi connectivity index (χ2n) is 4.67. The summed E-state index contributed by atoms with van der Waals surface area (Å²) in [6.45, 7) is 2.31. The van der Waals surface area contributed by atoms with Crippen LogP contribution in [0.25, 0.3) is 0 Å². The molecule has 1 aromatic carbocycles. The molecular weight excluding hydrogens is 270 g/mol. The number of benzene rings is 1. The molecule has 21 heavy (non-hydrogen) atoms. The molecule has 1 N–H and O–H groups in total. The van der Waals surface area contributed by atoms with Crippen LogP contribution in [0.2, 0.25) is 0 Å². The predicted molar refractivity (Wildman–Crippen MR) is 76.9 cm³/mol. The highest BCUT2D eigenvalue weighted by Crippen LogP contribution is 2.07. The first-order valence-corrected chi connectivity index (χ1v) is 6.47. The third-order valence-corrected chi connectivity index (χ3v) is 3.12. The van der Waals surface area contributed by atoms with Crippen molar-refractivity contribution in [2.45, 2.75) is 13.5 Å². The van der Waals surface area contributed by atoms with Crippen LogP contribution in [0.3, 0.4) is 0 Å². The van der Waals surface area contributed by atoms with Crippen LogP contribution in [-0.2, 0) is 18.3 Å². The molecule has 0 fully saturated rings. The van der Waals surface area contributed by atoms with E-state index in [1.807, 2.05) is 20.2 Å². The number of carbonyl (C=O) groups excluding carboxylic acids is 2. The van der Waals surface area contributed by atoms with Gasteiger partial charge in [0.2, 0.25) is 0 Å². The fourth-order valence-electron chi connectivity index (χ4n) is 1.98. The maximum absolute atomic E-state index is 12.0. The average Bonchev–Trinajstić information content (AvgIpc) is 2.82. The third-order valence-electron chi connectivity index (χ3n) is 3.12. The molecule has 6 nitrogen and oxygen atoms in total. The van der Waals surface area contributed by atoms with Crippen molar-refractivity contribution in [3.8, 4) is 0 Å². The first-order valence-electron chi connectivity index (χ1n) is 6.47. The Morgan fingerprint density at radius 1 is 1.24 bits per heavy atom. The number of nitrogens with one attached hydrogen (secondary N) is 1. The summed E-state index contributed by atoms with van der Waals surface area (Å²) >= 11 is 0. The monoisotopic (exact) mass is 287 g/mol. The molecule has 110 valence electrons. The molecule has 1 heterocycles. The van der Waals surface area contributed by atoms with Crippen LogP contribution in [0, 0.1) is 6.92 Å². The molecule has 0 aliphatic carbocycles. The number of nitrogens with zero attached hydrogens (tertiary/aromatic N) is 2. The van der Waals surface area contributed by atoms with Gasteiger partial charge in [-0.3, -0.25) is 9.48 Å². The highest BCUT2D eigenvalue weighted by Gasteiger charge is 2.10. The number of aromatic nitrogens is 2. The van der Waals surface area contributed by atoms with Gasteiger partial charge in [-0.2, -0.15) is 5.10 Å². The van der Waals surface area contributed by atoms with E-state index >= 15 is 0 Å².